The average molecular weight is 537 g/mol. The molecule has 1 saturated carbocycles. The molecule has 2 aromatic carbocycles. The lowest BCUT2D eigenvalue weighted by Crippen LogP contribution is -2.54. The van der Waals surface area contributed by atoms with Crippen molar-refractivity contribution >= 4 is 29.5 Å². The molecule has 0 heterocycles. The summed E-state index contributed by atoms with van der Waals surface area (Å²) in [5.41, 5.74) is 9.58. The third-order valence-electron chi connectivity index (χ3n) is 6.57. The molecule has 0 radical (unpaired) electrons. The minimum absolute atomic E-state index is 0.234. The van der Waals surface area contributed by atoms with E-state index in [2.05, 4.69) is 10.6 Å². The Balaban J connectivity index is 2.07. The largest absolute Gasteiger partial charge is 0.444 e. The van der Waals surface area contributed by atoms with E-state index in [9.17, 15) is 19.2 Å². The highest BCUT2D eigenvalue weighted by Gasteiger charge is 2.45. The van der Waals surface area contributed by atoms with Crippen molar-refractivity contribution < 1.29 is 23.9 Å². The van der Waals surface area contributed by atoms with Crippen LogP contribution in [0.2, 0.25) is 0 Å². The highest BCUT2D eigenvalue weighted by molar-refractivity contribution is 6.01. The van der Waals surface area contributed by atoms with Crippen molar-refractivity contribution in [1.82, 2.24) is 10.2 Å². The van der Waals surface area contributed by atoms with Crippen molar-refractivity contribution in [2.45, 2.75) is 91.5 Å². The molecule has 2 unspecified atom stereocenters. The lowest BCUT2D eigenvalue weighted by molar-refractivity contribution is -0.142. The number of nitrogens with one attached hydrogen (secondary N) is 2. The van der Waals surface area contributed by atoms with Gasteiger partial charge in [-0.05, 0) is 83.6 Å². The Morgan fingerprint density at radius 3 is 2.15 bits per heavy atom. The molecular weight excluding hydrogens is 496 g/mol. The first-order valence-electron chi connectivity index (χ1n) is 13.2. The van der Waals surface area contributed by atoms with Crippen molar-refractivity contribution in [3.63, 3.8) is 0 Å². The normalized spacial score (nSPS) is 14.6. The second-order valence-corrected chi connectivity index (χ2v) is 11.4. The zero-order chi connectivity index (χ0) is 29.1. The number of hydrogen-bond acceptors (Lipinski definition) is 5. The van der Waals surface area contributed by atoms with Crippen LogP contribution >= 0.6 is 0 Å². The summed E-state index contributed by atoms with van der Waals surface area (Å²) >= 11 is 0. The molecule has 3 rings (SSSR count). The number of hydrogen-bond donors (Lipinski definition) is 3. The molecule has 4 N–H and O–H groups in total. The van der Waals surface area contributed by atoms with Crippen LogP contribution in [0.3, 0.4) is 0 Å². The highest BCUT2D eigenvalue weighted by Crippen LogP contribution is 2.38. The van der Waals surface area contributed by atoms with Gasteiger partial charge in [0.05, 0.1) is 6.42 Å². The summed E-state index contributed by atoms with van der Waals surface area (Å²) in [6.45, 7) is 12.7. The SMILES string of the molecule is Cc1ccc(C)c(C(C(=O)Nc2c(C)cccc2C)N(C(=O)C(CC(N)=O)NC(=O)OC(C)(C)C)C2CC2)c1. The van der Waals surface area contributed by atoms with Gasteiger partial charge >= 0.3 is 6.09 Å². The summed E-state index contributed by atoms with van der Waals surface area (Å²) in [6, 6.07) is 8.97. The molecule has 0 bridgehead atoms. The van der Waals surface area contributed by atoms with Crippen LogP contribution in [0.4, 0.5) is 10.5 Å². The van der Waals surface area contributed by atoms with Gasteiger partial charge in [0.1, 0.15) is 17.7 Å². The number of para-hydroxylation sites is 1. The number of carbonyl (C=O) groups is 4. The van der Waals surface area contributed by atoms with Gasteiger partial charge < -0.3 is 26.0 Å². The van der Waals surface area contributed by atoms with E-state index in [-0.39, 0.29) is 11.9 Å². The first kappa shape index (κ1) is 29.7. The minimum Gasteiger partial charge on any atom is -0.444 e. The molecule has 0 spiro atoms. The zero-order valence-corrected chi connectivity index (χ0v) is 23.9. The lowest BCUT2D eigenvalue weighted by atomic mass is 9.95. The Labute approximate surface area is 230 Å². The van der Waals surface area contributed by atoms with Gasteiger partial charge in [-0.15, -0.1) is 0 Å². The van der Waals surface area contributed by atoms with Gasteiger partial charge in [-0.25, -0.2) is 4.79 Å². The molecule has 210 valence electrons. The number of nitrogens with two attached hydrogens (primary N) is 1. The zero-order valence-electron chi connectivity index (χ0n) is 23.9. The first-order valence-corrected chi connectivity index (χ1v) is 13.2. The second-order valence-electron chi connectivity index (χ2n) is 11.4. The molecule has 0 aliphatic heterocycles. The quantitative estimate of drug-likeness (QED) is 0.438. The minimum atomic E-state index is -1.29. The number of alkyl carbamates (subject to hydrolysis) is 1. The maximum absolute atomic E-state index is 14.1. The number of aryl methyl sites for hydroxylation is 4. The number of benzene rings is 2. The third-order valence-corrected chi connectivity index (χ3v) is 6.57. The van der Waals surface area contributed by atoms with E-state index in [4.69, 9.17) is 10.5 Å². The summed E-state index contributed by atoms with van der Waals surface area (Å²) in [4.78, 5) is 54.3. The van der Waals surface area contributed by atoms with Crippen LogP contribution in [-0.4, -0.2) is 46.4 Å². The molecule has 0 saturated heterocycles. The fourth-order valence-corrected chi connectivity index (χ4v) is 4.58. The Kier molecular flexibility index (Phi) is 9.04. The number of nitrogens with zero attached hydrogens (tertiary/aromatic N) is 1. The number of primary amides is 1. The van der Waals surface area contributed by atoms with E-state index in [1.807, 2.05) is 64.1 Å². The molecule has 2 atom stereocenters. The molecule has 9 nitrogen and oxygen atoms in total. The van der Waals surface area contributed by atoms with Crippen molar-refractivity contribution in [2.24, 2.45) is 5.73 Å². The van der Waals surface area contributed by atoms with Gasteiger partial charge in [-0.1, -0.05) is 42.0 Å². The van der Waals surface area contributed by atoms with Gasteiger partial charge in [-0.3, -0.25) is 14.4 Å². The van der Waals surface area contributed by atoms with Gasteiger partial charge in [0.2, 0.25) is 11.8 Å². The molecular formula is C30H40N4O5. The van der Waals surface area contributed by atoms with E-state index >= 15 is 0 Å². The lowest BCUT2D eigenvalue weighted by Gasteiger charge is -2.35. The third kappa shape index (κ3) is 7.81. The first-order chi connectivity index (χ1) is 18.2. The van der Waals surface area contributed by atoms with Crippen LogP contribution < -0.4 is 16.4 Å². The van der Waals surface area contributed by atoms with Crippen LogP contribution in [0.25, 0.3) is 0 Å². The second kappa shape index (κ2) is 11.9. The van der Waals surface area contributed by atoms with E-state index in [0.717, 1.165) is 22.3 Å². The van der Waals surface area contributed by atoms with Crippen molar-refractivity contribution in [3.8, 4) is 0 Å². The van der Waals surface area contributed by atoms with Crippen LogP contribution in [0.15, 0.2) is 36.4 Å². The summed E-state index contributed by atoms with van der Waals surface area (Å²) < 4.78 is 5.34. The Hall–Kier alpha value is -3.88. The van der Waals surface area contributed by atoms with Crippen LogP contribution in [0, 0.1) is 27.7 Å². The molecule has 1 aliphatic rings. The highest BCUT2D eigenvalue weighted by atomic mass is 16.6. The summed E-state index contributed by atoms with van der Waals surface area (Å²) in [7, 11) is 0. The summed E-state index contributed by atoms with van der Waals surface area (Å²) in [6.07, 6.45) is 0.111. The molecule has 4 amide bonds. The Morgan fingerprint density at radius 2 is 1.62 bits per heavy atom. The predicted molar refractivity (Wildman–Crippen MR) is 150 cm³/mol. The monoisotopic (exact) mass is 536 g/mol. The number of carbonyl (C=O) groups excluding carboxylic acids is 4. The number of ether oxygens (including phenoxy) is 1. The summed E-state index contributed by atoms with van der Waals surface area (Å²) in [5, 5.41) is 5.58. The van der Waals surface area contributed by atoms with Crippen molar-refractivity contribution in [2.75, 3.05) is 5.32 Å². The fraction of sp³-hybridized carbons (Fsp3) is 0.467. The van der Waals surface area contributed by atoms with E-state index < -0.39 is 42.0 Å². The van der Waals surface area contributed by atoms with Gasteiger partial charge in [-0.2, -0.15) is 0 Å². The number of amides is 4. The van der Waals surface area contributed by atoms with Crippen LogP contribution in [-0.2, 0) is 19.1 Å². The maximum atomic E-state index is 14.1. The smallest absolute Gasteiger partial charge is 0.408 e. The molecule has 1 fully saturated rings. The summed E-state index contributed by atoms with van der Waals surface area (Å²) in [5.74, 6) is -1.70. The molecule has 2 aromatic rings. The molecule has 1 aliphatic carbocycles. The average Bonchev–Trinajstić information content (AvgIpc) is 3.64. The van der Waals surface area contributed by atoms with Crippen molar-refractivity contribution in [3.05, 3.63) is 64.2 Å². The van der Waals surface area contributed by atoms with Crippen LogP contribution in [0.1, 0.15) is 73.9 Å². The van der Waals surface area contributed by atoms with Gasteiger partial charge in [0.15, 0.2) is 0 Å². The molecule has 9 heteroatoms. The van der Waals surface area contributed by atoms with E-state index in [0.29, 0.717) is 24.1 Å². The standard InChI is InChI=1S/C30H40N4O5/c1-17-11-12-18(2)22(15-17)26(27(36)33-25-19(3)9-8-10-20(25)4)34(21-13-14-21)28(37)23(16-24(31)35)32-29(38)39-30(5,6)7/h8-12,15,21,23,26H,13-14,16H2,1-7H3,(H2,31,35)(H,32,38)(H,33,36). The predicted octanol–water partition coefficient (Wildman–Crippen LogP) is 4.36. The Morgan fingerprint density at radius 1 is 1.00 bits per heavy atom. The number of rotatable bonds is 9. The van der Waals surface area contributed by atoms with Crippen LogP contribution in [0.5, 0.6) is 0 Å². The molecule has 0 aromatic heterocycles. The molecule has 39 heavy (non-hydrogen) atoms. The Bertz CT molecular complexity index is 1240. The maximum Gasteiger partial charge on any atom is 0.408 e. The van der Waals surface area contributed by atoms with E-state index in [1.54, 1.807) is 20.8 Å². The van der Waals surface area contributed by atoms with E-state index in [1.165, 1.54) is 4.90 Å². The fourth-order valence-electron chi connectivity index (χ4n) is 4.58. The van der Waals surface area contributed by atoms with Gasteiger partial charge in [0.25, 0.3) is 5.91 Å². The topological polar surface area (TPSA) is 131 Å². The van der Waals surface area contributed by atoms with Crippen molar-refractivity contribution in [1.29, 1.82) is 0 Å². The number of anilines is 1. The van der Waals surface area contributed by atoms with Gasteiger partial charge in [0, 0.05) is 11.7 Å².